The number of aryl methyl sites for hydroxylation is 1. The summed E-state index contributed by atoms with van der Waals surface area (Å²) >= 11 is 0. The van der Waals surface area contributed by atoms with Crippen molar-refractivity contribution in [3.05, 3.63) is 60.2 Å². The van der Waals surface area contributed by atoms with E-state index in [4.69, 9.17) is 4.98 Å². The van der Waals surface area contributed by atoms with Gasteiger partial charge in [-0.3, -0.25) is 0 Å². The SMILES string of the molecule is Cc1nc2c3ccccc3nc(N3CCN(S(=O)(=O)c4ccccc4F)CC3)n2n1. The molecule has 3 heterocycles. The second-order valence-corrected chi connectivity index (χ2v) is 9.05. The highest BCUT2D eigenvalue weighted by molar-refractivity contribution is 7.89. The molecule has 0 aliphatic carbocycles. The number of benzene rings is 2. The summed E-state index contributed by atoms with van der Waals surface area (Å²) in [6, 6.07) is 13.2. The van der Waals surface area contributed by atoms with Crippen molar-refractivity contribution in [3.63, 3.8) is 0 Å². The van der Waals surface area contributed by atoms with Gasteiger partial charge in [0.15, 0.2) is 5.65 Å². The zero-order valence-electron chi connectivity index (χ0n) is 16.2. The summed E-state index contributed by atoms with van der Waals surface area (Å²) < 4.78 is 42.8. The van der Waals surface area contributed by atoms with Crippen molar-refractivity contribution in [2.24, 2.45) is 0 Å². The lowest BCUT2D eigenvalue weighted by Gasteiger charge is -2.34. The van der Waals surface area contributed by atoms with Crippen LogP contribution in [0.4, 0.5) is 10.3 Å². The van der Waals surface area contributed by atoms with E-state index in [1.165, 1.54) is 22.5 Å². The van der Waals surface area contributed by atoms with Gasteiger partial charge in [0.2, 0.25) is 16.0 Å². The maximum atomic E-state index is 14.1. The monoisotopic (exact) mass is 426 g/mol. The summed E-state index contributed by atoms with van der Waals surface area (Å²) in [5, 5.41) is 5.39. The normalized spacial score (nSPS) is 15.9. The Morgan fingerprint density at radius 2 is 1.63 bits per heavy atom. The predicted molar refractivity (Wildman–Crippen MR) is 110 cm³/mol. The van der Waals surface area contributed by atoms with Crippen LogP contribution in [0.3, 0.4) is 0 Å². The Morgan fingerprint density at radius 1 is 0.933 bits per heavy atom. The molecule has 0 amide bonds. The Balaban J connectivity index is 1.47. The maximum Gasteiger partial charge on any atom is 0.246 e. The molecule has 0 spiro atoms. The summed E-state index contributed by atoms with van der Waals surface area (Å²) in [6.07, 6.45) is 0. The summed E-state index contributed by atoms with van der Waals surface area (Å²) in [5.74, 6) is 0.512. The fourth-order valence-electron chi connectivity index (χ4n) is 3.77. The molecule has 30 heavy (non-hydrogen) atoms. The molecule has 8 nitrogen and oxygen atoms in total. The molecule has 0 bridgehead atoms. The molecule has 1 aliphatic rings. The third-order valence-corrected chi connectivity index (χ3v) is 7.18. The summed E-state index contributed by atoms with van der Waals surface area (Å²) in [7, 11) is -3.89. The Kier molecular flexibility index (Phi) is 4.40. The van der Waals surface area contributed by atoms with Gasteiger partial charge in [0.25, 0.3) is 0 Å². The molecule has 0 saturated carbocycles. The first-order valence-electron chi connectivity index (χ1n) is 9.57. The van der Waals surface area contributed by atoms with E-state index in [-0.39, 0.29) is 18.0 Å². The van der Waals surface area contributed by atoms with Crippen molar-refractivity contribution >= 4 is 32.5 Å². The molecule has 2 aromatic carbocycles. The lowest BCUT2D eigenvalue weighted by molar-refractivity contribution is 0.379. The van der Waals surface area contributed by atoms with E-state index >= 15 is 0 Å². The fourth-order valence-corrected chi connectivity index (χ4v) is 5.26. The van der Waals surface area contributed by atoms with Crippen molar-refractivity contribution in [1.29, 1.82) is 0 Å². The molecular weight excluding hydrogens is 407 g/mol. The first-order chi connectivity index (χ1) is 14.4. The van der Waals surface area contributed by atoms with Crippen LogP contribution < -0.4 is 4.90 Å². The van der Waals surface area contributed by atoms with Gasteiger partial charge in [-0.25, -0.2) is 22.8 Å². The minimum Gasteiger partial charge on any atom is -0.338 e. The molecule has 4 aromatic rings. The predicted octanol–water partition coefficient (Wildman–Crippen LogP) is 2.24. The molecule has 1 fully saturated rings. The standard InChI is InChI=1S/C20H19FN6O2S/c1-14-22-19-15-6-2-4-8-17(15)23-20(27(19)24-14)25-10-12-26(13-11-25)30(28,29)18-9-5-3-7-16(18)21/h2-9H,10-13H2,1H3. The van der Waals surface area contributed by atoms with E-state index in [0.717, 1.165) is 22.6 Å². The molecule has 1 saturated heterocycles. The van der Waals surface area contributed by atoms with Crippen LogP contribution >= 0.6 is 0 Å². The van der Waals surface area contributed by atoms with E-state index in [0.29, 0.717) is 24.9 Å². The minimum absolute atomic E-state index is 0.223. The molecule has 0 atom stereocenters. The van der Waals surface area contributed by atoms with Gasteiger partial charge < -0.3 is 4.90 Å². The second kappa shape index (κ2) is 6.99. The summed E-state index contributed by atoms with van der Waals surface area (Å²) in [6.45, 7) is 3.09. The van der Waals surface area contributed by atoms with Crippen molar-refractivity contribution < 1.29 is 12.8 Å². The van der Waals surface area contributed by atoms with Gasteiger partial charge in [0.05, 0.1) is 5.52 Å². The molecule has 10 heteroatoms. The number of rotatable bonds is 3. The average Bonchev–Trinajstić information content (AvgIpc) is 3.15. The van der Waals surface area contributed by atoms with Crippen molar-refractivity contribution in [2.45, 2.75) is 11.8 Å². The number of hydrogen-bond donors (Lipinski definition) is 0. The average molecular weight is 426 g/mol. The van der Waals surface area contributed by atoms with Gasteiger partial charge in [0.1, 0.15) is 16.5 Å². The third kappa shape index (κ3) is 2.99. The molecule has 0 unspecified atom stereocenters. The van der Waals surface area contributed by atoms with Crippen LogP contribution in [0.5, 0.6) is 0 Å². The summed E-state index contributed by atoms with van der Waals surface area (Å²) in [4.78, 5) is 11.0. The van der Waals surface area contributed by atoms with Gasteiger partial charge in [-0.1, -0.05) is 24.3 Å². The van der Waals surface area contributed by atoms with Gasteiger partial charge in [-0.15, -0.1) is 5.10 Å². The van der Waals surface area contributed by atoms with E-state index in [1.54, 1.807) is 4.52 Å². The first kappa shape index (κ1) is 18.9. The topological polar surface area (TPSA) is 83.7 Å². The molecule has 5 rings (SSSR count). The van der Waals surface area contributed by atoms with E-state index in [2.05, 4.69) is 10.1 Å². The Bertz CT molecular complexity index is 1360. The number of aromatic nitrogens is 4. The smallest absolute Gasteiger partial charge is 0.246 e. The van der Waals surface area contributed by atoms with Crippen LogP contribution in [0, 0.1) is 12.7 Å². The van der Waals surface area contributed by atoms with Crippen LogP contribution in [0.1, 0.15) is 5.82 Å². The number of halogens is 1. The number of sulfonamides is 1. The van der Waals surface area contributed by atoms with Crippen molar-refractivity contribution in [2.75, 3.05) is 31.1 Å². The Hall–Kier alpha value is -3.11. The van der Waals surface area contributed by atoms with Crippen molar-refractivity contribution in [3.8, 4) is 0 Å². The lowest BCUT2D eigenvalue weighted by atomic mass is 10.2. The van der Waals surface area contributed by atoms with Crippen LogP contribution in [0.2, 0.25) is 0 Å². The summed E-state index contributed by atoms with van der Waals surface area (Å²) in [5.41, 5.74) is 1.52. The molecule has 1 aliphatic heterocycles. The number of fused-ring (bicyclic) bond motifs is 3. The number of piperazine rings is 1. The van der Waals surface area contributed by atoms with Crippen molar-refractivity contribution in [1.82, 2.24) is 23.9 Å². The largest absolute Gasteiger partial charge is 0.338 e. The lowest BCUT2D eigenvalue weighted by Crippen LogP contribution is -2.49. The first-order valence-corrected chi connectivity index (χ1v) is 11.0. The van der Waals surface area contributed by atoms with Crippen LogP contribution in [-0.2, 0) is 10.0 Å². The maximum absolute atomic E-state index is 14.1. The van der Waals surface area contributed by atoms with E-state index in [1.807, 2.05) is 36.1 Å². The number of nitrogens with zero attached hydrogens (tertiary/aromatic N) is 6. The van der Waals surface area contributed by atoms with Gasteiger partial charge in [-0.05, 0) is 31.2 Å². The molecule has 0 radical (unpaired) electrons. The fraction of sp³-hybridized carbons (Fsp3) is 0.250. The van der Waals surface area contributed by atoms with E-state index < -0.39 is 15.8 Å². The highest BCUT2D eigenvalue weighted by Gasteiger charge is 2.31. The highest BCUT2D eigenvalue weighted by atomic mass is 32.2. The zero-order valence-corrected chi connectivity index (χ0v) is 17.0. The second-order valence-electron chi connectivity index (χ2n) is 7.14. The van der Waals surface area contributed by atoms with Gasteiger partial charge in [-0.2, -0.15) is 8.82 Å². The molecule has 2 aromatic heterocycles. The quantitative estimate of drug-likeness (QED) is 0.500. The van der Waals surface area contributed by atoms with Crippen LogP contribution in [0.25, 0.3) is 16.6 Å². The highest BCUT2D eigenvalue weighted by Crippen LogP contribution is 2.25. The number of anilines is 1. The number of hydrogen-bond acceptors (Lipinski definition) is 6. The third-order valence-electron chi connectivity index (χ3n) is 5.24. The zero-order chi connectivity index (χ0) is 20.9. The molecule has 0 N–H and O–H groups in total. The van der Waals surface area contributed by atoms with Crippen LogP contribution in [0.15, 0.2) is 53.4 Å². The molecular formula is C20H19FN6O2S. The molecule has 154 valence electrons. The van der Waals surface area contributed by atoms with Gasteiger partial charge in [0, 0.05) is 31.6 Å². The van der Waals surface area contributed by atoms with E-state index in [9.17, 15) is 12.8 Å². The number of para-hydroxylation sites is 1. The van der Waals surface area contributed by atoms with Crippen LogP contribution in [-0.4, -0.2) is 58.5 Å². The Labute approximate surface area is 172 Å². The minimum atomic E-state index is -3.89. The Morgan fingerprint density at radius 3 is 2.40 bits per heavy atom. The van der Waals surface area contributed by atoms with Gasteiger partial charge >= 0.3 is 0 Å².